The summed E-state index contributed by atoms with van der Waals surface area (Å²) in [6.07, 6.45) is 2.33. The van der Waals surface area contributed by atoms with Gasteiger partial charge in [0, 0.05) is 43.9 Å². The zero-order valence-corrected chi connectivity index (χ0v) is 19.0. The summed E-state index contributed by atoms with van der Waals surface area (Å²) in [5, 5.41) is 2.84. The fourth-order valence-corrected chi connectivity index (χ4v) is 3.80. The molecule has 1 fully saturated rings. The van der Waals surface area contributed by atoms with E-state index >= 15 is 0 Å². The van der Waals surface area contributed by atoms with Gasteiger partial charge in [-0.25, -0.2) is 9.78 Å². The predicted octanol–water partition coefficient (Wildman–Crippen LogP) is 4.70. The first-order chi connectivity index (χ1) is 15.4. The summed E-state index contributed by atoms with van der Waals surface area (Å²) < 4.78 is 17.3. The third-order valence-corrected chi connectivity index (χ3v) is 5.34. The number of urea groups is 1. The van der Waals surface area contributed by atoms with Crippen LogP contribution < -0.4 is 15.0 Å². The second kappa shape index (κ2) is 9.44. The van der Waals surface area contributed by atoms with Gasteiger partial charge in [-0.3, -0.25) is 4.90 Å². The van der Waals surface area contributed by atoms with E-state index in [-0.39, 0.29) is 12.1 Å². The lowest BCUT2D eigenvalue weighted by Crippen LogP contribution is -2.27. The van der Waals surface area contributed by atoms with Gasteiger partial charge in [0.2, 0.25) is 0 Å². The number of aromatic nitrogens is 1. The Hall–Kier alpha value is -3.32. The molecular weight excluding hydrogens is 406 g/mol. The molecule has 4 rings (SSSR count). The number of carbonyl (C=O) groups is 1. The maximum absolute atomic E-state index is 12.2. The summed E-state index contributed by atoms with van der Waals surface area (Å²) in [6, 6.07) is 11.9. The number of hydrogen-bond acceptors (Lipinski definition) is 5. The molecule has 1 aromatic heterocycles. The van der Waals surface area contributed by atoms with Gasteiger partial charge >= 0.3 is 6.03 Å². The van der Waals surface area contributed by atoms with Crippen molar-refractivity contribution >= 4 is 11.7 Å². The number of amides is 2. The molecule has 2 aromatic carbocycles. The number of ether oxygens (including phenoxy) is 2. The highest BCUT2D eigenvalue weighted by atomic mass is 16.5. The summed E-state index contributed by atoms with van der Waals surface area (Å²) in [5.74, 6) is 1.96. The zero-order chi connectivity index (χ0) is 22.7. The Morgan fingerprint density at radius 3 is 2.78 bits per heavy atom. The zero-order valence-electron chi connectivity index (χ0n) is 19.0. The van der Waals surface area contributed by atoms with Crippen LogP contribution in [0.5, 0.6) is 5.75 Å². The van der Waals surface area contributed by atoms with Gasteiger partial charge in [-0.05, 0) is 49.6 Å². The van der Waals surface area contributed by atoms with E-state index in [1.807, 2.05) is 32.0 Å². The molecule has 0 spiro atoms. The maximum atomic E-state index is 12.2. The molecule has 1 N–H and O–H groups in total. The van der Waals surface area contributed by atoms with E-state index in [1.165, 1.54) is 5.56 Å². The average Bonchev–Trinajstić information content (AvgIpc) is 3.39. The van der Waals surface area contributed by atoms with Crippen molar-refractivity contribution in [3.8, 4) is 17.1 Å². The van der Waals surface area contributed by atoms with Gasteiger partial charge in [0.1, 0.15) is 5.75 Å². The molecule has 3 aromatic rings. The van der Waals surface area contributed by atoms with Crippen LogP contribution in [0.3, 0.4) is 0 Å². The van der Waals surface area contributed by atoms with Crippen LogP contribution in [-0.2, 0) is 17.8 Å². The molecule has 168 valence electrons. The van der Waals surface area contributed by atoms with Crippen molar-refractivity contribution in [1.29, 1.82) is 0 Å². The van der Waals surface area contributed by atoms with Crippen LogP contribution in [0.1, 0.15) is 36.4 Å². The van der Waals surface area contributed by atoms with E-state index in [2.05, 4.69) is 35.4 Å². The molecular formula is C25H29N3O4. The monoisotopic (exact) mass is 435 g/mol. The Balaban J connectivity index is 1.63. The Morgan fingerprint density at radius 1 is 1.22 bits per heavy atom. The number of benzene rings is 2. The van der Waals surface area contributed by atoms with Crippen molar-refractivity contribution in [2.24, 2.45) is 0 Å². The van der Waals surface area contributed by atoms with Crippen LogP contribution >= 0.6 is 0 Å². The summed E-state index contributed by atoms with van der Waals surface area (Å²) in [4.78, 5) is 18.4. The fourth-order valence-electron chi connectivity index (χ4n) is 3.80. The lowest BCUT2D eigenvalue weighted by Gasteiger charge is -2.18. The smallest absolute Gasteiger partial charge is 0.321 e. The van der Waals surface area contributed by atoms with E-state index in [1.54, 1.807) is 18.2 Å². The van der Waals surface area contributed by atoms with Gasteiger partial charge < -0.3 is 19.2 Å². The van der Waals surface area contributed by atoms with Gasteiger partial charge in [-0.2, -0.15) is 0 Å². The number of oxazole rings is 1. The van der Waals surface area contributed by atoms with Gasteiger partial charge in [0.15, 0.2) is 11.7 Å². The highest BCUT2D eigenvalue weighted by molar-refractivity contribution is 5.95. The first-order valence-electron chi connectivity index (χ1n) is 10.8. The molecule has 1 aliphatic rings. The highest BCUT2D eigenvalue weighted by Gasteiger charge is 2.23. The Bertz CT molecular complexity index is 1110. The fraction of sp³-hybridized carbons (Fsp3) is 0.360. The predicted molar refractivity (Wildman–Crippen MR) is 123 cm³/mol. The van der Waals surface area contributed by atoms with Gasteiger partial charge in [0.05, 0.1) is 18.9 Å². The average molecular weight is 436 g/mol. The second-order valence-electron chi connectivity index (χ2n) is 8.25. The van der Waals surface area contributed by atoms with E-state index < -0.39 is 0 Å². The molecule has 1 aliphatic heterocycles. The minimum absolute atomic E-state index is 0.0122. The normalized spacial score (nSPS) is 13.7. The third kappa shape index (κ3) is 4.94. The number of carbonyl (C=O) groups excluding carboxylic acids is 1. The van der Waals surface area contributed by atoms with Crippen LogP contribution in [-0.4, -0.2) is 37.3 Å². The largest absolute Gasteiger partial charge is 0.491 e. The van der Waals surface area contributed by atoms with Crippen molar-refractivity contribution in [3.63, 3.8) is 0 Å². The maximum Gasteiger partial charge on any atom is 0.321 e. The Morgan fingerprint density at radius 2 is 2.06 bits per heavy atom. The summed E-state index contributed by atoms with van der Waals surface area (Å²) in [7, 11) is 1.69. The molecule has 0 radical (unpaired) electrons. The first-order valence-corrected chi connectivity index (χ1v) is 10.8. The molecule has 0 atom stereocenters. The van der Waals surface area contributed by atoms with E-state index in [0.29, 0.717) is 43.5 Å². The number of nitrogens with one attached hydrogen (secondary N) is 1. The highest BCUT2D eigenvalue weighted by Crippen LogP contribution is 2.32. The first kappa shape index (κ1) is 21.9. The number of nitrogens with zero attached hydrogens (tertiary/aromatic N) is 2. The summed E-state index contributed by atoms with van der Waals surface area (Å²) >= 11 is 0. The molecule has 0 bridgehead atoms. The standard InChI is InChI=1S/C25H29N3O4/c1-16(2)31-22-11-20(10-21(13-22)28-8-7-26-25(28)29)23-14-27-24(32-23)12-19-9-18(15-30-4)6-5-17(19)3/h5-6,9-11,13-14,16H,7-8,12,15H2,1-4H3,(H,26,29). The lowest BCUT2D eigenvalue weighted by molar-refractivity contribution is 0.185. The minimum Gasteiger partial charge on any atom is -0.491 e. The van der Waals surface area contributed by atoms with E-state index in [4.69, 9.17) is 13.9 Å². The number of aryl methyl sites for hydroxylation is 1. The van der Waals surface area contributed by atoms with Crippen LogP contribution in [0, 0.1) is 6.92 Å². The third-order valence-electron chi connectivity index (χ3n) is 5.34. The minimum atomic E-state index is -0.109. The number of anilines is 1. The quantitative estimate of drug-likeness (QED) is 0.555. The topological polar surface area (TPSA) is 76.8 Å². The van der Waals surface area contributed by atoms with E-state index in [9.17, 15) is 4.79 Å². The molecule has 0 unspecified atom stereocenters. The molecule has 7 nitrogen and oxygen atoms in total. The van der Waals surface area contributed by atoms with Crippen molar-refractivity contribution in [2.75, 3.05) is 25.1 Å². The number of methoxy groups -OCH3 is 1. The number of rotatable bonds is 8. The van der Waals surface area contributed by atoms with Gasteiger partial charge in [-0.1, -0.05) is 18.2 Å². The van der Waals surface area contributed by atoms with Crippen LogP contribution in [0.25, 0.3) is 11.3 Å². The van der Waals surface area contributed by atoms with Crippen molar-refractivity contribution in [2.45, 2.75) is 39.9 Å². The van der Waals surface area contributed by atoms with Crippen LogP contribution in [0.2, 0.25) is 0 Å². The molecule has 2 amide bonds. The van der Waals surface area contributed by atoms with Crippen molar-refractivity contribution in [1.82, 2.24) is 10.3 Å². The molecule has 32 heavy (non-hydrogen) atoms. The lowest BCUT2D eigenvalue weighted by atomic mass is 10.0. The molecule has 0 saturated carbocycles. The molecule has 0 aliphatic carbocycles. The summed E-state index contributed by atoms with van der Waals surface area (Å²) in [6.45, 7) is 7.83. The Labute approximate surface area is 188 Å². The van der Waals surface area contributed by atoms with E-state index in [0.717, 1.165) is 22.4 Å². The van der Waals surface area contributed by atoms with Crippen LogP contribution in [0.15, 0.2) is 47.0 Å². The number of hydrogen-bond donors (Lipinski definition) is 1. The van der Waals surface area contributed by atoms with Gasteiger partial charge in [-0.15, -0.1) is 0 Å². The Kier molecular flexibility index (Phi) is 6.46. The van der Waals surface area contributed by atoms with Crippen molar-refractivity contribution in [3.05, 3.63) is 65.2 Å². The van der Waals surface area contributed by atoms with Gasteiger partial charge in [0.25, 0.3) is 0 Å². The molecule has 2 heterocycles. The molecule has 7 heteroatoms. The van der Waals surface area contributed by atoms with Crippen LogP contribution in [0.4, 0.5) is 10.5 Å². The second-order valence-corrected chi connectivity index (χ2v) is 8.25. The SMILES string of the molecule is COCc1ccc(C)c(Cc2ncc(-c3cc(OC(C)C)cc(N4CCNC4=O)c3)o2)c1. The molecule has 1 saturated heterocycles. The summed E-state index contributed by atoms with van der Waals surface area (Å²) in [5.41, 5.74) is 5.04. The van der Waals surface area contributed by atoms with Crippen molar-refractivity contribution < 1.29 is 18.7 Å².